The van der Waals surface area contributed by atoms with Crippen molar-refractivity contribution in [3.05, 3.63) is 28.8 Å². The summed E-state index contributed by atoms with van der Waals surface area (Å²) in [4.78, 5) is 0. The number of rotatable bonds is 3. The van der Waals surface area contributed by atoms with Crippen molar-refractivity contribution in [2.75, 3.05) is 20.2 Å². The fraction of sp³-hybridized carbons (Fsp3) is 0.625. The highest BCUT2D eigenvalue weighted by molar-refractivity contribution is 5.45. The van der Waals surface area contributed by atoms with Crippen LogP contribution in [0.1, 0.15) is 49.5 Å². The third-order valence-electron chi connectivity index (χ3n) is 3.75. The second-order valence-electron chi connectivity index (χ2n) is 5.70. The van der Waals surface area contributed by atoms with Crippen LogP contribution in [0.3, 0.4) is 0 Å². The number of hydrogen-bond donors (Lipinski definition) is 1. The Hall–Kier alpha value is -1.06. The lowest BCUT2D eigenvalue weighted by molar-refractivity contribution is -0.0290. The first-order chi connectivity index (χ1) is 9.02. The van der Waals surface area contributed by atoms with E-state index in [9.17, 15) is 0 Å². The van der Waals surface area contributed by atoms with Crippen molar-refractivity contribution in [1.82, 2.24) is 5.32 Å². The molecular weight excluding hydrogens is 238 g/mol. The smallest absolute Gasteiger partial charge is 0.122 e. The Morgan fingerprint density at radius 2 is 2.05 bits per heavy atom. The van der Waals surface area contributed by atoms with Crippen LogP contribution in [0.25, 0.3) is 0 Å². The minimum absolute atomic E-state index is 0.146. The zero-order chi connectivity index (χ0) is 14.0. The first-order valence-corrected chi connectivity index (χ1v) is 7.07. The lowest BCUT2D eigenvalue weighted by Gasteiger charge is -2.30. The fourth-order valence-electron chi connectivity index (χ4n) is 2.67. The van der Waals surface area contributed by atoms with Gasteiger partial charge in [-0.05, 0) is 48.6 Å². The summed E-state index contributed by atoms with van der Waals surface area (Å²) in [6.07, 6.45) is 0.412. The number of methoxy groups -OCH3 is 1. The molecule has 3 nitrogen and oxygen atoms in total. The van der Waals surface area contributed by atoms with Crippen LogP contribution in [0.5, 0.6) is 5.75 Å². The molecule has 3 heteroatoms. The highest BCUT2D eigenvalue weighted by atomic mass is 16.5. The maximum absolute atomic E-state index is 6.06. The number of benzene rings is 1. The molecule has 0 bridgehead atoms. The molecule has 1 N–H and O–H groups in total. The Bertz CT molecular complexity index is 443. The second kappa shape index (κ2) is 5.93. The van der Waals surface area contributed by atoms with Gasteiger partial charge in [0.05, 0.1) is 19.3 Å². The van der Waals surface area contributed by atoms with Gasteiger partial charge >= 0.3 is 0 Å². The van der Waals surface area contributed by atoms with Gasteiger partial charge in [-0.25, -0.2) is 0 Å². The van der Waals surface area contributed by atoms with Gasteiger partial charge in [-0.15, -0.1) is 0 Å². The lowest BCUT2D eigenvalue weighted by Crippen LogP contribution is -2.39. The molecule has 19 heavy (non-hydrogen) atoms. The molecule has 1 aromatic carbocycles. The van der Waals surface area contributed by atoms with Crippen LogP contribution in [0.2, 0.25) is 0 Å². The van der Waals surface area contributed by atoms with Gasteiger partial charge in [0, 0.05) is 13.1 Å². The molecule has 2 atom stereocenters. The van der Waals surface area contributed by atoms with Crippen molar-refractivity contribution in [2.24, 2.45) is 0 Å². The molecule has 0 aliphatic carbocycles. The predicted octanol–water partition coefficient (Wildman–Crippen LogP) is 3.18. The number of aryl methyl sites for hydroxylation is 1. The van der Waals surface area contributed by atoms with Gasteiger partial charge in [-0.1, -0.05) is 13.8 Å². The number of ether oxygens (including phenoxy) is 2. The standard InChI is InChI=1S/C16H25NO2/c1-10(2)13-7-14(11(3)6-15(13)18-5)16-9-17-8-12(4)19-16/h6-7,10,12,16-17H,8-9H2,1-5H3. The van der Waals surface area contributed by atoms with Crippen molar-refractivity contribution < 1.29 is 9.47 Å². The zero-order valence-corrected chi connectivity index (χ0v) is 12.6. The molecule has 1 aliphatic heterocycles. The summed E-state index contributed by atoms with van der Waals surface area (Å²) in [5.74, 6) is 1.43. The average Bonchev–Trinajstić information content (AvgIpc) is 2.37. The molecular formula is C16H25NO2. The summed E-state index contributed by atoms with van der Waals surface area (Å²) < 4.78 is 11.6. The third kappa shape index (κ3) is 3.10. The Kier molecular flexibility index (Phi) is 4.48. The van der Waals surface area contributed by atoms with E-state index in [2.05, 4.69) is 45.1 Å². The van der Waals surface area contributed by atoms with E-state index in [0.717, 1.165) is 18.8 Å². The molecule has 0 amide bonds. The van der Waals surface area contributed by atoms with Gasteiger partial charge in [0.1, 0.15) is 5.75 Å². The van der Waals surface area contributed by atoms with Crippen LogP contribution in [0.4, 0.5) is 0 Å². The quantitative estimate of drug-likeness (QED) is 0.908. The summed E-state index contributed by atoms with van der Waals surface area (Å²) in [5.41, 5.74) is 3.77. The number of morpholine rings is 1. The Balaban J connectivity index is 2.37. The fourth-order valence-corrected chi connectivity index (χ4v) is 2.67. The third-order valence-corrected chi connectivity index (χ3v) is 3.75. The minimum atomic E-state index is 0.146. The largest absolute Gasteiger partial charge is 0.496 e. The van der Waals surface area contributed by atoms with Gasteiger partial charge in [0.2, 0.25) is 0 Å². The predicted molar refractivity (Wildman–Crippen MR) is 78.0 cm³/mol. The van der Waals surface area contributed by atoms with Crippen LogP contribution in [0, 0.1) is 6.92 Å². The van der Waals surface area contributed by atoms with Crippen LogP contribution < -0.4 is 10.1 Å². The van der Waals surface area contributed by atoms with E-state index in [1.165, 1.54) is 16.7 Å². The maximum Gasteiger partial charge on any atom is 0.122 e. The van der Waals surface area contributed by atoms with E-state index in [1.807, 2.05) is 0 Å². The van der Waals surface area contributed by atoms with Crippen LogP contribution >= 0.6 is 0 Å². The van der Waals surface area contributed by atoms with Crippen molar-refractivity contribution in [1.29, 1.82) is 0 Å². The molecule has 1 aliphatic rings. The van der Waals surface area contributed by atoms with Crippen molar-refractivity contribution in [3.63, 3.8) is 0 Å². The number of hydrogen-bond acceptors (Lipinski definition) is 3. The Morgan fingerprint density at radius 3 is 2.63 bits per heavy atom. The van der Waals surface area contributed by atoms with Gasteiger partial charge in [-0.3, -0.25) is 0 Å². The molecule has 1 saturated heterocycles. The summed E-state index contributed by atoms with van der Waals surface area (Å²) in [7, 11) is 1.74. The molecule has 0 spiro atoms. The second-order valence-corrected chi connectivity index (χ2v) is 5.70. The highest BCUT2D eigenvalue weighted by Gasteiger charge is 2.23. The van der Waals surface area contributed by atoms with Gasteiger partial charge in [-0.2, -0.15) is 0 Å². The van der Waals surface area contributed by atoms with E-state index >= 15 is 0 Å². The summed E-state index contributed by atoms with van der Waals surface area (Å²) in [5, 5.41) is 3.43. The summed E-state index contributed by atoms with van der Waals surface area (Å²) in [6, 6.07) is 4.39. The SMILES string of the molecule is COc1cc(C)c(C2CNCC(C)O2)cc1C(C)C. The van der Waals surface area contributed by atoms with E-state index in [0.29, 0.717) is 5.92 Å². The summed E-state index contributed by atoms with van der Waals surface area (Å²) >= 11 is 0. The monoisotopic (exact) mass is 263 g/mol. The van der Waals surface area contributed by atoms with Crippen LogP contribution in [0.15, 0.2) is 12.1 Å². The molecule has 0 aromatic heterocycles. The molecule has 1 heterocycles. The zero-order valence-electron chi connectivity index (χ0n) is 12.6. The van der Waals surface area contributed by atoms with E-state index in [1.54, 1.807) is 7.11 Å². The van der Waals surface area contributed by atoms with Crippen molar-refractivity contribution in [3.8, 4) is 5.75 Å². The van der Waals surface area contributed by atoms with Gasteiger partial charge in [0.15, 0.2) is 0 Å². The molecule has 106 valence electrons. The Morgan fingerprint density at radius 1 is 1.32 bits per heavy atom. The first kappa shape index (κ1) is 14.4. The molecule has 0 saturated carbocycles. The number of nitrogens with one attached hydrogen (secondary N) is 1. The van der Waals surface area contributed by atoms with Crippen LogP contribution in [-0.2, 0) is 4.74 Å². The highest BCUT2D eigenvalue weighted by Crippen LogP contribution is 2.33. The molecule has 0 radical (unpaired) electrons. The lowest BCUT2D eigenvalue weighted by atomic mass is 9.93. The summed E-state index contributed by atoms with van der Waals surface area (Å²) in [6.45, 7) is 10.4. The Labute approximate surface area is 116 Å². The molecule has 1 fully saturated rings. The first-order valence-electron chi connectivity index (χ1n) is 7.07. The average molecular weight is 263 g/mol. The minimum Gasteiger partial charge on any atom is -0.496 e. The maximum atomic E-state index is 6.06. The van der Waals surface area contributed by atoms with E-state index < -0.39 is 0 Å². The van der Waals surface area contributed by atoms with Crippen LogP contribution in [-0.4, -0.2) is 26.3 Å². The normalized spacial score (nSPS) is 23.7. The molecule has 2 rings (SSSR count). The van der Waals surface area contributed by atoms with Crippen molar-refractivity contribution >= 4 is 0 Å². The van der Waals surface area contributed by atoms with Crippen molar-refractivity contribution in [2.45, 2.75) is 45.8 Å². The topological polar surface area (TPSA) is 30.5 Å². The van der Waals surface area contributed by atoms with Gasteiger partial charge in [0.25, 0.3) is 0 Å². The van der Waals surface area contributed by atoms with E-state index in [-0.39, 0.29) is 12.2 Å². The molecule has 1 aromatic rings. The van der Waals surface area contributed by atoms with E-state index in [4.69, 9.17) is 9.47 Å². The molecule has 2 unspecified atom stereocenters. The van der Waals surface area contributed by atoms with Gasteiger partial charge < -0.3 is 14.8 Å².